The lowest BCUT2D eigenvalue weighted by Gasteiger charge is -2.37. The lowest BCUT2D eigenvalue weighted by Crippen LogP contribution is -2.42. The van der Waals surface area contributed by atoms with Crippen molar-refractivity contribution in [2.45, 2.75) is 76.4 Å². The van der Waals surface area contributed by atoms with Crippen LogP contribution >= 0.6 is 0 Å². The van der Waals surface area contributed by atoms with Crippen LogP contribution in [0.25, 0.3) is 0 Å². The molecule has 46 heavy (non-hydrogen) atoms. The number of amides is 1. The Morgan fingerprint density at radius 1 is 0.957 bits per heavy atom. The van der Waals surface area contributed by atoms with Gasteiger partial charge in [0, 0.05) is 37.6 Å². The molecule has 2 aliphatic heterocycles. The Labute approximate surface area is 257 Å². The molecular weight excluding hydrogens is 641 g/mol. The molecular formula is C29H30F9N3O5. The van der Waals surface area contributed by atoms with Crippen molar-refractivity contribution in [2.75, 3.05) is 31.3 Å². The zero-order valence-corrected chi connectivity index (χ0v) is 24.6. The number of alkyl halides is 9. The molecule has 2 saturated heterocycles. The summed E-state index contributed by atoms with van der Waals surface area (Å²) in [6.07, 6.45) is -16.6. The van der Waals surface area contributed by atoms with Crippen molar-refractivity contribution in [3.8, 4) is 0 Å². The van der Waals surface area contributed by atoms with E-state index < -0.39 is 71.5 Å². The van der Waals surface area contributed by atoms with E-state index in [0.717, 1.165) is 11.0 Å². The number of halogens is 9. The second-order valence-electron chi connectivity index (χ2n) is 10.8. The molecule has 2 fully saturated rings. The highest BCUT2D eigenvalue weighted by atomic mass is 19.4. The fourth-order valence-corrected chi connectivity index (χ4v) is 5.42. The number of hydrogen-bond donors (Lipinski definition) is 0. The van der Waals surface area contributed by atoms with E-state index in [4.69, 9.17) is 14.2 Å². The molecule has 0 N–H and O–H groups in total. The van der Waals surface area contributed by atoms with E-state index in [0.29, 0.717) is 44.4 Å². The molecule has 1 aromatic carbocycles. The Bertz CT molecular complexity index is 1380. The first-order chi connectivity index (χ1) is 21.4. The largest absolute Gasteiger partial charge is 0.466 e. The third-order valence-electron chi connectivity index (χ3n) is 7.71. The van der Waals surface area contributed by atoms with Gasteiger partial charge in [-0.1, -0.05) is 0 Å². The highest BCUT2D eigenvalue weighted by Crippen LogP contribution is 2.42. The predicted molar refractivity (Wildman–Crippen MR) is 142 cm³/mol. The highest BCUT2D eigenvalue weighted by molar-refractivity contribution is 5.72. The maximum absolute atomic E-state index is 13.8. The molecule has 0 radical (unpaired) electrons. The number of aromatic nitrogens is 1. The first-order valence-electron chi connectivity index (χ1n) is 14.2. The van der Waals surface area contributed by atoms with Crippen molar-refractivity contribution in [3.05, 3.63) is 58.3 Å². The number of esters is 1. The van der Waals surface area contributed by atoms with Crippen molar-refractivity contribution in [1.29, 1.82) is 0 Å². The lowest BCUT2D eigenvalue weighted by molar-refractivity contribution is -0.144. The number of hydrogen-bond acceptors (Lipinski definition) is 7. The maximum Gasteiger partial charge on any atom is 0.417 e. The molecule has 2 atom stereocenters. The standard InChI is InChI=1S/C29H30F9N3O5/c1-3-45-23(42)4-7-40(22-5-8-44-9-6-22)25-18(12-21(14-39-25)29(36,37)38)15-41-16(2)24(46-26(41)43)17-10-19(27(30,31)32)13-20(11-17)28(33,34)35/h10-14,16,22,24H,3-9,15H2,1-2H3/t16-,24-/m0/s1. The molecule has 254 valence electrons. The quantitative estimate of drug-likeness (QED) is 0.207. The molecule has 0 saturated carbocycles. The van der Waals surface area contributed by atoms with Gasteiger partial charge in [-0.15, -0.1) is 0 Å². The molecule has 0 aliphatic carbocycles. The van der Waals surface area contributed by atoms with E-state index in [1.807, 2.05) is 0 Å². The Hall–Kier alpha value is -3.76. The fraction of sp³-hybridized carbons (Fsp3) is 0.552. The number of carbonyl (C=O) groups is 2. The molecule has 0 spiro atoms. The minimum Gasteiger partial charge on any atom is -0.466 e. The van der Waals surface area contributed by atoms with E-state index in [-0.39, 0.29) is 43.1 Å². The number of cyclic esters (lactones) is 1. The predicted octanol–water partition coefficient (Wildman–Crippen LogP) is 7.16. The Kier molecular flexibility index (Phi) is 10.3. The summed E-state index contributed by atoms with van der Waals surface area (Å²) in [5, 5.41) is 0. The molecule has 2 aliphatic rings. The van der Waals surface area contributed by atoms with E-state index in [1.165, 1.54) is 6.92 Å². The minimum absolute atomic E-state index is 0.00562. The number of nitrogens with zero attached hydrogens (tertiary/aromatic N) is 3. The van der Waals surface area contributed by atoms with Crippen molar-refractivity contribution in [1.82, 2.24) is 9.88 Å². The van der Waals surface area contributed by atoms with Gasteiger partial charge in [0.05, 0.1) is 42.3 Å². The monoisotopic (exact) mass is 671 g/mol. The summed E-state index contributed by atoms with van der Waals surface area (Å²) in [5.41, 5.74) is -5.11. The molecule has 17 heteroatoms. The maximum atomic E-state index is 13.8. The van der Waals surface area contributed by atoms with Gasteiger partial charge in [-0.2, -0.15) is 39.5 Å². The zero-order chi connectivity index (χ0) is 34.0. The second kappa shape index (κ2) is 13.5. The van der Waals surface area contributed by atoms with E-state index in [2.05, 4.69) is 4.98 Å². The van der Waals surface area contributed by atoms with Crippen LogP contribution in [0.5, 0.6) is 0 Å². The zero-order valence-electron chi connectivity index (χ0n) is 24.6. The minimum atomic E-state index is -5.16. The summed E-state index contributed by atoms with van der Waals surface area (Å²) in [7, 11) is 0. The van der Waals surface area contributed by atoms with Gasteiger partial charge in [0.25, 0.3) is 0 Å². The summed E-state index contributed by atoms with van der Waals surface area (Å²) < 4.78 is 138. The number of pyridine rings is 1. The van der Waals surface area contributed by atoms with Gasteiger partial charge in [0.15, 0.2) is 0 Å². The summed E-state index contributed by atoms with van der Waals surface area (Å²) in [5.74, 6) is -0.557. The summed E-state index contributed by atoms with van der Waals surface area (Å²) >= 11 is 0. The molecule has 3 heterocycles. The van der Waals surface area contributed by atoms with Crippen molar-refractivity contribution in [2.24, 2.45) is 0 Å². The van der Waals surface area contributed by atoms with Gasteiger partial charge < -0.3 is 19.1 Å². The van der Waals surface area contributed by atoms with Crippen LogP contribution in [0.3, 0.4) is 0 Å². The smallest absolute Gasteiger partial charge is 0.417 e. The Balaban J connectivity index is 1.73. The van der Waals surface area contributed by atoms with Crippen molar-refractivity contribution < 1.29 is 63.3 Å². The average Bonchev–Trinajstić information content (AvgIpc) is 3.25. The lowest BCUT2D eigenvalue weighted by atomic mass is 9.97. The SMILES string of the molecule is CCOC(=O)CCN(c1ncc(C(F)(F)F)cc1CN1C(=O)O[C@H](c2cc(C(F)(F)F)cc(C(F)(F)F)c2)[C@@H]1C)C1CCOCC1. The molecule has 1 aromatic heterocycles. The first kappa shape index (κ1) is 35.1. The number of benzene rings is 1. The molecule has 4 rings (SSSR count). The molecule has 0 bridgehead atoms. The number of carbonyl (C=O) groups excluding carboxylic acids is 2. The van der Waals surface area contributed by atoms with Crippen molar-refractivity contribution >= 4 is 17.9 Å². The van der Waals surface area contributed by atoms with Crippen LogP contribution in [0.4, 0.5) is 50.1 Å². The summed E-state index contributed by atoms with van der Waals surface area (Å²) in [4.78, 5) is 31.8. The second-order valence-corrected chi connectivity index (χ2v) is 10.8. The number of ether oxygens (including phenoxy) is 3. The van der Waals surface area contributed by atoms with Gasteiger partial charge >= 0.3 is 30.6 Å². The van der Waals surface area contributed by atoms with Crippen LogP contribution in [0, 0.1) is 0 Å². The van der Waals surface area contributed by atoms with Crippen LogP contribution < -0.4 is 4.90 Å². The topological polar surface area (TPSA) is 81.2 Å². The molecule has 8 nitrogen and oxygen atoms in total. The van der Waals surface area contributed by atoms with Crippen LogP contribution in [-0.2, 0) is 44.1 Å². The van der Waals surface area contributed by atoms with Crippen LogP contribution in [0.1, 0.15) is 67.0 Å². The first-order valence-corrected chi connectivity index (χ1v) is 14.2. The highest BCUT2D eigenvalue weighted by Gasteiger charge is 2.44. The Morgan fingerprint density at radius 3 is 2.09 bits per heavy atom. The molecule has 0 unspecified atom stereocenters. The van der Waals surface area contributed by atoms with Crippen LogP contribution in [0.2, 0.25) is 0 Å². The van der Waals surface area contributed by atoms with E-state index >= 15 is 0 Å². The Morgan fingerprint density at radius 2 is 1.54 bits per heavy atom. The van der Waals surface area contributed by atoms with Gasteiger partial charge in [-0.3, -0.25) is 9.69 Å². The van der Waals surface area contributed by atoms with Gasteiger partial charge in [0.2, 0.25) is 0 Å². The average molecular weight is 672 g/mol. The third kappa shape index (κ3) is 8.14. The van der Waals surface area contributed by atoms with Crippen molar-refractivity contribution in [3.63, 3.8) is 0 Å². The van der Waals surface area contributed by atoms with Gasteiger partial charge in [-0.05, 0) is 56.5 Å². The molecule has 1 amide bonds. The van der Waals surface area contributed by atoms with Crippen LogP contribution in [0.15, 0.2) is 30.5 Å². The normalized spacial score (nSPS) is 19.7. The number of rotatable bonds is 9. The molecule has 2 aromatic rings. The summed E-state index contributed by atoms with van der Waals surface area (Å²) in [6, 6.07) is 0.0331. The third-order valence-corrected chi connectivity index (χ3v) is 7.71. The van der Waals surface area contributed by atoms with Gasteiger partial charge in [0.1, 0.15) is 11.9 Å². The number of anilines is 1. The van der Waals surface area contributed by atoms with E-state index in [1.54, 1.807) is 11.8 Å². The fourth-order valence-electron chi connectivity index (χ4n) is 5.42. The van der Waals surface area contributed by atoms with Gasteiger partial charge in [-0.25, -0.2) is 9.78 Å². The van der Waals surface area contributed by atoms with E-state index in [9.17, 15) is 49.1 Å². The van der Waals surface area contributed by atoms with Crippen LogP contribution in [-0.4, -0.2) is 60.4 Å². The summed E-state index contributed by atoms with van der Waals surface area (Å²) in [6.45, 7) is 3.05.